The van der Waals surface area contributed by atoms with Gasteiger partial charge in [-0.1, -0.05) is 18.3 Å². The predicted octanol–water partition coefficient (Wildman–Crippen LogP) is 2.09. The number of imidazole rings is 1. The van der Waals surface area contributed by atoms with Gasteiger partial charge in [0.15, 0.2) is 11.5 Å². The van der Waals surface area contributed by atoms with Gasteiger partial charge in [0.05, 0.1) is 6.33 Å². The number of nitrogens with one attached hydrogen (secondary N) is 1. The van der Waals surface area contributed by atoms with E-state index in [4.69, 9.17) is 12.2 Å². The third kappa shape index (κ3) is 1.62. The van der Waals surface area contributed by atoms with Crippen LogP contribution in [0.4, 0.5) is 0 Å². The quantitative estimate of drug-likeness (QED) is 0.665. The molecule has 0 unspecified atom stereocenters. The highest BCUT2D eigenvalue weighted by Crippen LogP contribution is 2.17. The molecule has 0 fully saturated rings. The van der Waals surface area contributed by atoms with E-state index in [9.17, 15) is 0 Å². The van der Waals surface area contributed by atoms with E-state index in [0.29, 0.717) is 16.1 Å². The number of hydrogen-bond acceptors (Lipinski definition) is 4. The Bertz CT molecular complexity index is 728. The Morgan fingerprint density at radius 1 is 1.29 bits per heavy atom. The second-order valence-electron chi connectivity index (χ2n) is 3.66. The van der Waals surface area contributed by atoms with Gasteiger partial charge in [-0.25, -0.2) is 9.97 Å². The number of fused-ring (bicyclic) bond motifs is 1. The predicted molar refractivity (Wildman–Crippen MR) is 66.9 cm³/mol. The fourth-order valence-electron chi connectivity index (χ4n) is 1.60. The van der Waals surface area contributed by atoms with Crippen molar-refractivity contribution in [2.75, 3.05) is 0 Å². The summed E-state index contributed by atoms with van der Waals surface area (Å²) in [5, 5.41) is 0. The monoisotopic (exact) mass is 243 g/mol. The van der Waals surface area contributed by atoms with Crippen LogP contribution in [0.1, 0.15) is 0 Å². The minimum atomic E-state index is 0.619. The number of aromatic amines is 1. The van der Waals surface area contributed by atoms with Crippen molar-refractivity contribution in [3.63, 3.8) is 0 Å². The molecule has 0 saturated heterocycles. The summed E-state index contributed by atoms with van der Waals surface area (Å²) < 4.78 is 2.46. The minimum Gasteiger partial charge on any atom is -0.333 e. The van der Waals surface area contributed by atoms with Gasteiger partial charge >= 0.3 is 0 Å². The molecule has 17 heavy (non-hydrogen) atoms. The van der Waals surface area contributed by atoms with Crippen LogP contribution in [0.5, 0.6) is 0 Å². The first-order valence-corrected chi connectivity index (χ1v) is 5.49. The topological polar surface area (TPSA) is 59.4 Å². The fourth-order valence-corrected chi connectivity index (χ4v) is 1.79. The molecule has 0 aromatic carbocycles. The number of pyridine rings is 1. The van der Waals surface area contributed by atoms with E-state index in [1.54, 1.807) is 17.1 Å². The van der Waals surface area contributed by atoms with Crippen LogP contribution in [-0.4, -0.2) is 24.5 Å². The highest BCUT2D eigenvalue weighted by Gasteiger charge is 2.08. The molecular weight excluding hydrogens is 234 g/mol. The Balaban J connectivity index is 2.28. The number of nitrogens with zero attached hydrogens (tertiary/aromatic N) is 4. The van der Waals surface area contributed by atoms with E-state index < -0.39 is 0 Å². The zero-order chi connectivity index (χ0) is 11.8. The Kier molecular flexibility index (Phi) is 2.22. The van der Waals surface area contributed by atoms with Gasteiger partial charge in [0.1, 0.15) is 15.9 Å². The van der Waals surface area contributed by atoms with Crippen LogP contribution in [0.3, 0.4) is 0 Å². The van der Waals surface area contributed by atoms with E-state index in [1.807, 2.05) is 25.2 Å². The van der Waals surface area contributed by atoms with Crippen LogP contribution in [0, 0.1) is 4.64 Å². The lowest BCUT2D eigenvalue weighted by Crippen LogP contribution is -1.93. The smallest absolute Gasteiger partial charge is 0.182 e. The molecule has 0 aliphatic rings. The van der Waals surface area contributed by atoms with E-state index in [2.05, 4.69) is 19.9 Å². The Labute approximate surface area is 102 Å². The summed E-state index contributed by atoms with van der Waals surface area (Å²) in [6.07, 6.45) is 3.39. The van der Waals surface area contributed by atoms with E-state index >= 15 is 0 Å². The maximum atomic E-state index is 5.29. The molecule has 0 atom stereocenters. The van der Waals surface area contributed by atoms with Crippen LogP contribution >= 0.6 is 12.2 Å². The minimum absolute atomic E-state index is 0.619. The van der Waals surface area contributed by atoms with Gasteiger partial charge < -0.3 is 9.55 Å². The SMILES string of the molecule is Cn1cnc2nc(-c3ccccn3)[nH]c2c1=S. The van der Waals surface area contributed by atoms with Crippen molar-refractivity contribution in [2.24, 2.45) is 7.05 Å². The van der Waals surface area contributed by atoms with Crippen molar-refractivity contribution in [3.8, 4) is 11.5 Å². The molecule has 5 nitrogen and oxygen atoms in total. The van der Waals surface area contributed by atoms with Gasteiger partial charge in [-0.05, 0) is 12.1 Å². The fraction of sp³-hybridized carbons (Fsp3) is 0.0909. The van der Waals surface area contributed by atoms with Crippen molar-refractivity contribution < 1.29 is 0 Å². The molecule has 6 heteroatoms. The summed E-state index contributed by atoms with van der Waals surface area (Å²) in [6.45, 7) is 0. The van der Waals surface area contributed by atoms with E-state index in [0.717, 1.165) is 11.2 Å². The first kappa shape index (κ1) is 10.1. The zero-order valence-electron chi connectivity index (χ0n) is 9.08. The number of hydrogen-bond donors (Lipinski definition) is 1. The lowest BCUT2D eigenvalue weighted by molar-refractivity contribution is 0.863. The van der Waals surface area contributed by atoms with Crippen LogP contribution < -0.4 is 0 Å². The summed E-state index contributed by atoms with van der Waals surface area (Å²) in [6, 6.07) is 5.67. The van der Waals surface area contributed by atoms with Gasteiger partial charge in [0, 0.05) is 13.2 Å². The second kappa shape index (κ2) is 3.74. The average molecular weight is 243 g/mol. The molecule has 3 aromatic heterocycles. The summed E-state index contributed by atoms with van der Waals surface area (Å²) >= 11 is 5.29. The molecule has 3 aromatic rings. The third-order valence-electron chi connectivity index (χ3n) is 2.48. The Hall–Kier alpha value is -2.08. The summed E-state index contributed by atoms with van der Waals surface area (Å²) in [4.78, 5) is 16.0. The summed E-state index contributed by atoms with van der Waals surface area (Å²) in [5.41, 5.74) is 2.17. The van der Waals surface area contributed by atoms with Gasteiger partial charge in [-0.3, -0.25) is 4.98 Å². The first-order chi connectivity index (χ1) is 8.25. The highest BCUT2D eigenvalue weighted by molar-refractivity contribution is 7.71. The van der Waals surface area contributed by atoms with Crippen molar-refractivity contribution in [1.29, 1.82) is 0 Å². The molecule has 0 saturated carbocycles. The van der Waals surface area contributed by atoms with Crippen molar-refractivity contribution in [3.05, 3.63) is 35.4 Å². The molecule has 0 aliphatic carbocycles. The molecule has 1 N–H and O–H groups in total. The van der Waals surface area contributed by atoms with Crippen molar-refractivity contribution >= 4 is 23.4 Å². The number of aromatic nitrogens is 5. The normalized spacial score (nSPS) is 10.9. The average Bonchev–Trinajstić information content (AvgIpc) is 2.80. The molecule has 84 valence electrons. The molecule has 3 heterocycles. The highest BCUT2D eigenvalue weighted by atomic mass is 32.1. The molecule has 0 amide bonds. The van der Waals surface area contributed by atoms with Gasteiger partial charge in [0.2, 0.25) is 0 Å². The molecule has 0 bridgehead atoms. The number of H-pyrrole nitrogens is 1. The summed E-state index contributed by atoms with van der Waals surface area (Å²) in [7, 11) is 1.86. The Morgan fingerprint density at radius 2 is 2.18 bits per heavy atom. The largest absolute Gasteiger partial charge is 0.333 e. The standard InChI is InChI=1S/C11H9N5S/c1-16-6-13-10-8(11(16)17)14-9(15-10)7-4-2-3-5-12-7/h2-6H,1H3,(H,14,15). The first-order valence-electron chi connectivity index (χ1n) is 5.08. The van der Waals surface area contributed by atoms with E-state index in [1.165, 1.54) is 0 Å². The number of aryl methyl sites for hydroxylation is 1. The lowest BCUT2D eigenvalue weighted by atomic mass is 10.3. The maximum absolute atomic E-state index is 5.29. The molecular formula is C11H9N5S. The third-order valence-corrected chi connectivity index (χ3v) is 2.97. The van der Waals surface area contributed by atoms with Gasteiger partial charge in [-0.15, -0.1) is 0 Å². The molecule has 0 spiro atoms. The zero-order valence-corrected chi connectivity index (χ0v) is 9.90. The number of rotatable bonds is 1. The Morgan fingerprint density at radius 3 is 2.94 bits per heavy atom. The van der Waals surface area contributed by atoms with Crippen LogP contribution in [0.2, 0.25) is 0 Å². The van der Waals surface area contributed by atoms with Crippen molar-refractivity contribution in [1.82, 2.24) is 24.5 Å². The van der Waals surface area contributed by atoms with Crippen molar-refractivity contribution in [2.45, 2.75) is 0 Å². The maximum Gasteiger partial charge on any atom is 0.182 e. The van der Waals surface area contributed by atoms with Crippen LogP contribution in [0.25, 0.3) is 22.7 Å². The van der Waals surface area contributed by atoms with Crippen LogP contribution in [0.15, 0.2) is 30.7 Å². The second-order valence-corrected chi connectivity index (χ2v) is 4.05. The van der Waals surface area contributed by atoms with Gasteiger partial charge in [-0.2, -0.15) is 0 Å². The lowest BCUT2D eigenvalue weighted by Gasteiger charge is -1.95. The van der Waals surface area contributed by atoms with E-state index in [-0.39, 0.29) is 0 Å². The molecule has 3 rings (SSSR count). The van der Waals surface area contributed by atoms with Crippen LogP contribution in [-0.2, 0) is 7.05 Å². The molecule has 0 aliphatic heterocycles. The summed E-state index contributed by atoms with van der Waals surface area (Å²) in [5.74, 6) is 0.686. The van der Waals surface area contributed by atoms with Gasteiger partial charge in [0.25, 0.3) is 0 Å². The molecule has 0 radical (unpaired) electrons.